The number of nitrogens with one attached hydrogen (secondary N) is 1. The van der Waals surface area contributed by atoms with E-state index in [1.807, 2.05) is 52.0 Å². The smallest absolute Gasteiger partial charge is 0.269 e. The molecule has 1 atom stereocenters. The number of carbonyl (C=O) groups excluding carboxylic acids is 3. The number of carbonyl (C=O) groups is 3. The van der Waals surface area contributed by atoms with E-state index in [0.717, 1.165) is 15.4 Å². The van der Waals surface area contributed by atoms with E-state index in [1.54, 1.807) is 17.0 Å². The van der Waals surface area contributed by atoms with Gasteiger partial charge in [-0.05, 0) is 56.9 Å². The molecule has 0 spiro atoms. The molecule has 1 aliphatic rings. The minimum atomic E-state index is -3.92. The molecule has 0 bridgehead atoms. The molecule has 0 unspecified atom stereocenters. The van der Waals surface area contributed by atoms with Gasteiger partial charge < -0.3 is 10.2 Å². The van der Waals surface area contributed by atoms with Crippen LogP contribution in [0.5, 0.6) is 0 Å². The lowest BCUT2D eigenvalue weighted by Crippen LogP contribution is -2.50. The lowest BCUT2D eigenvalue weighted by Gasteiger charge is -2.32. The van der Waals surface area contributed by atoms with Gasteiger partial charge in [0.05, 0.1) is 5.56 Å². The maximum absolute atomic E-state index is 13.4. The van der Waals surface area contributed by atoms with Crippen LogP contribution >= 0.6 is 0 Å². The van der Waals surface area contributed by atoms with E-state index in [1.165, 1.54) is 12.1 Å². The molecular formula is C26H33N3O5S. The zero-order valence-electron chi connectivity index (χ0n) is 20.7. The van der Waals surface area contributed by atoms with Gasteiger partial charge in [0.15, 0.2) is 0 Å². The standard InChI is InChI=1S/C26H33N3O5S/c1-5-22(25(31)27-18(2)3)28(17-20-12-7-6-11-19(20)4)24(30)15-10-16-29-26(32)21-13-8-9-14-23(21)35(29,33)34/h6-9,11-14,18,22H,5,10,15-17H2,1-4H3,(H,27,31)/t22-/m1/s1. The molecule has 8 nitrogen and oxygen atoms in total. The van der Waals surface area contributed by atoms with Crippen molar-refractivity contribution in [1.29, 1.82) is 0 Å². The average Bonchev–Trinajstić information content (AvgIpc) is 3.00. The Kier molecular flexibility index (Phi) is 8.32. The molecule has 9 heteroatoms. The van der Waals surface area contributed by atoms with E-state index < -0.39 is 22.0 Å². The Balaban J connectivity index is 1.76. The van der Waals surface area contributed by atoms with Crippen LogP contribution in [0.3, 0.4) is 0 Å². The van der Waals surface area contributed by atoms with Crippen molar-refractivity contribution in [2.75, 3.05) is 6.54 Å². The fourth-order valence-electron chi connectivity index (χ4n) is 4.24. The lowest BCUT2D eigenvalue weighted by molar-refractivity contribution is -0.141. The van der Waals surface area contributed by atoms with Gasteiger partial charge in [-0.1, -0.05) is 43.3 Å². The second-order valence-corrected chi connectivity index (χ2v) is 10.8. The van der Waals surface area contributed by atoms with Gasteiger partial charge in [0.2, 0.25) is 11.8 Å². The molecule has 35 heavy (non-hydrogen) atoms. The molecule has 0 radical (unpaired) electrons. The number of amides is 3. The highest BCUT2D eigenvalue weighted by atomic mass is 32.2. The third kappa shape index (κ3) is 5.73. The minimum Gasteiger partial charge on any atom is -0.352 e. The van der Waals surface area contributed by atoms with Crippen molar-refractivity contribution in [2.45, 2.75) is 70.5 Å². The predicted octanol–water partition coefficient (Wildman–Crippen LogP) is 3.25. The summed E-state index contributed by atoms with van der Waals surface area (Å²) in [5, 5.41) is 2.89. The summed E-state index contributed by atoms with van der Waals surface area (Å²) in [6.07, 6.45) is 0.599. The van der Waals surface area contributed by atoms with Gasteiger partial charge in [-0.25, -0.2) is 12.7 Å². The molecule has 3 rings (SSSR count). The Labute approximate surface area is 207 Å². The summed E-state index contributed by atoms with van der Waals surface area (Å²) in [6, 6.07) is 13.1. The molecule has 3 amide bonds. The van der Waals surface area contributed by atoms with E-state index in [9.17, 15) is 22.8 Å². The van der Waals surface area contributed by atoms with Crippen LogP contribution in [0.2, 0.25) is 0 Å². The Hall–Kier alpha value is -3.20. The van der Waals surface area contributed by atoms with E-state index >= 15 is 0 Å². The molecule has 0 saturated heterocycles. The molecule has 2 aromatic carbocycles. The summed E-state index contributed by atoms with van der Waals surface area (Å²) in [5.74, 6) is -1.06. The summed E-state index contributed by atoms with van der Waals surface area (Å²) in [4.78, 5) is 40.5. The number of nitrogens with zero attached hydrogens (tertiary/aromatic N) is 2. The highest BCUT2D eigenvalue weighted by molar-refractivity contribution is 7.90. The first-order valence-electron chi connectivity index (χ1n) is 11.9. The fourth-order valence-corrected chi connectivity index (χ4v) is 5.85. The third-order valence-corrected chi connectivity index (χ3v) is 7.92. The van der Waals surface area contributed by atoms with Crippen LogP contribution in [0.4, 0.5) is 0 Å². The molecule has 1 heterocycles. The van der Waals surface area contributed by atoms with Gasteiger partial charge in [-0.2, -0.15) is 0 Å². The summed E-state index contributed by atoms with van der Waals surface area (Å²) in [7, 11) is -3.92. The van der Waals surface area contributed by atoms with Crippen LogP contribution in [0.15, 0.2) is 53.4 Å². The summed E-state index contributed by atoms with van der Waals surface area (Å²) in [5.41, 5.74) is 2.09. The largest absolute Gasteiger partial charge is 0.352 e. The zero-order chi connectivity index (χ0) is 25.8. The monoisotopic (exact) mass is 499 g/mol. The second kappa shape index (κ2) is 11.0. The summed E-state index contributed by atoms with van der Waals surface area (Å²) >= 11 is 0. The van der Waals surface area contributed by atoms with E-state index in [2.05, 4.69) is 5.32 Å². The Bertz CT molecular complexity index is 1210. The SMILES string of the molecule is CC[C@H](C(=O)NC(C)C)N(Cc1ccccc1C)C(=O)CCCN1C(=O)c2ccccc2S1(=O)=O. The van der Waals surface area contributed by atoms with Crippen LogP contribution in [0, 0.1) is 6.92 Å². The zero-order valence-corrected chi connectivity index (χ0v) is 21.5. The number of hydrogen-bond donors (Lipinski definition) is 1. The molecule has 188 valence electrons. The van der Waals surface area contributed by atoms with Crippen molar-refractivity contribution in [2.24, 2.45) is 0 Å². The fraction of sp³-hybridized carbons (Fsp3) is 0.423. The first-order chi connectivity index (χ1) is 16.6. The third-order valence-electron chi connectivity index (χ3n) is 6.08. The molecule has 1 aliphatic heterocycles. The maximum atomic E-state index is 13.4. The van der Waals surface area contributed by atoms with Crippen LogP contribution in [-0.2, 0) is 26.2 Å². The number of sulfonamides is 1. The van der Waals surface area contributed by atoms with Crippen LogP contribution in [0.1, 0.15) is 61.5 Å². The topological polar surface area (TPSA) is 104 Å². The van der Waals surface area contributed by atoms with Gasteiger partial charge in [-0.15, -0.1) is 0 Å². The lowest BCUT2D eigenvalue weighted by atomic mass is 10.0. The Morgan fingerprint density at radius 1 is 1.06 bits per heavy atom. The molecular weight excluding hydrogens is 466 g/mol. The molecule has 0 saturated carbocycles. The molecule has 0 aromatic heterocycles. The molecule has 1 N–H and O–H groups in total. The normalized spacial score (nSPS) is 15.1. The van der Waals surface area contributed by atoms with Crippen molar-refractivity contribution in [1.82, 2.24) is 14.5 Å². The van der Waals surface area contributed by atoms with E-state index in [0.29, 0.717) is 6.42 Å². The Morgan fingerprint density at radius 2 is 1.71 bits per heavy atom. The van der Waals surface area contributed by atoms with Gasteiger partial charge in [0, 0.05) is 25.6 Å². The average molecular weight is 500 g/mol. The van der Waals surface area contributed by atoms with Gasteiger partial charge in [0.1, 0.15) is 10.9 Å². The number of aryl methyl sites for hydroxylation is 1. The number of hydrogen-bond acceptors (Lipinski definition) is 5. The molecule has 0 aliphatic carbocycles. The second-order valence-electron chi connectivity index (χ2n) is 9.02. The predicted molar refractivity (Wildman–Crippen MR) is 133 cm³/mol. The first-order valence-corrected chi connectivity index (χ1v) is 13.3. The molecule has 0 fully saturated rings. The highest BCUT2D eigenvalue weighted by Crippen LogP contribution is 2.30. The van der Waals surface area contributed by atoms with Crippen molar-refractivity contribution in [3.8, 4) is 0 Å². The van der Waals surface area contributed by atoms with Crippen LogP contribution in [0.25, 0.3) is 0 Å². The van der Waals surface area contributed by atoms with Crippen molar-refractivity contribution < 1.29 is 22.8 Å². The quantitative estimate of drug-likeness (QED) is 0.540. The van der Waals surface area contributed by atoms with Crippen molar-refractivity contribution in [3.63, 3.8) is 0 Å². The van der Waals surface area contributed by atoms with Gasteiger partial charge in [-0.3, -0.25) is 14.4 Å². The van der Waals surface area contributed by atoms with Crippen LogP contribution < -0.4 is 5.32 Å². The maximum Gasteiger partial charge on any atom is 0.269 e. The first kappa shape index (κ1) is 26.4. The number of fused-ring (bicyclic) bond motifs is 1. The van der Waals surface area contributed by atoms with E-state index in [4.69, 9.17) is 0 Å². The highest BCUT2D eigenvalue weighted by Gasteiger charge is 2.40. The van der Waals surface area contributed by atoms with Gasteiger partial charge >= 0.3 is 0 Å². The van der Waals surface area contributed by atoms with Crippen molar-refractivity contribution >= 4 is 27.7 Å². The van der Waals surface area contributed by atoms with Crippen LogP contribution in [-0.4, -0.2) is 54.0 Å². The number of benzene rings is 2. The van der Waals surface area contributed by atoms with E-state index in [-0.39, 0.29) is 54.2 Å². The van der Waals surface area contributed by atoms with Crippen molar-refractivity contribution in [3.05, 3.63) is 65.2 Å². The summed E-state index contributed by atoms with van der Waals surface area (Å²) in [6.45, 7) is 7.70. The summed E-state index contributed by atoms with van der Waals surface area (Å²) < 4.78 is 26.4. The molecule has 2 aromatic rings. The Morgan fingerprint density at radius 3 is 2.34 bits per heavy atom. The van der Waals surface area contributed by atoms with Gasteiger partial charge in [0.25, 0.3) is 15.9 Å². The number of rotatable bonds is 10. The minimum absolute atomic E-state index is 0.00564.